The van der Waals surface area contributed by atoms with Crippen LogP contribution in [0.15, 0.2) is 36.9 Å². The second-order valence-electron chi connectivity index (χ2n) is 4.45. The number of likely N-dealkylation sites (tertiary alicyclic amines) is 1. The molecule has 0 spiro atoms. The van der Waals surface area contributed by atoms with Gasteiger partial charge in [0.05, 0.1) is 12.2 Å². The minimum atomic E-state index is 0.420. The lowest BCUT2D eigenvalue weighted by Crippen LogP contribution is -2.48. The van der Waals surface area contributed by atoms with Gasteiger partial charge in [0.15, 0.2) is 0 Å². The van der Waals surface area contributed by atoms with Gasteiger partial charge in [-0.2, -0.15) is 0 Å². The van der Waals surface area contributed by atoms with E-state index < -0.39 is 0 Å². The molecule has 1 aliphatic heterocycles. The van der Waals surface area contributed by atoms with Crippen LogP contribution >= 0.6 is 0 Å². The van der Waals surface area contributed by atoms with E-state index in [1.807, 2.05) is 29.3 Å². The first-order valence-electron chi connectivity index (χ1n) is 5.84. The molecule has 3 heterocycles. The van der Waals surface area contributed by atoms with Crippen molar-refractivity contribution in [2.24, 2.45) is 0 Å². The Balaban J connectivity index is 1.62. The Morgan fingerprint density at radius 3 is 2.88 bits per heavy atom. The van der Waals surface area contributed by atoms with E-state index in [9.17, 15) is 0 Å². The molecular formula is C12H15N5. The van der Waals surface area contributed by atoms with Crippen LogP contribution in [0.2, 0.25) is 0 Å². The van der Waals surface area contributed by atoms with Crippen molar-refractivity contribution in [1.82, 2.24) is 24.9 Å². The van der Waals surface area contributed by atoms with Gasteiger partial charge in [-0.05, 0) is 18.6 Å². The molecule has 1 aliphatic rings. The predicted molar refractivity (Wildman–Crippen MR) is 63.3 cm³/mol. The van der Waals surface area contributed by atoms with Crippen molar-refractivity contribution in [3.63, 3.8) is 0 Å². The van der Waals surface area contributed by atoms with Crippen LogP contribution in [-0.4, -0.2) is 38.0 Å². The first-order valence-corrected chi connectivity index (χ1v) is 5.84. The van der Waals surface area contributed by atoms with Gasteiger partial charge >= 0.3 is 0 Å². The van der Waals surface area contributed by atoms with Crippen LogP contribution in [0.4, 0.5) is 0 Å². The molecule has 3 rings (SSSR count). The van der Waals surface area contributed by atoms with E-state index in [1.165, 1.54) is 5.56 Å². The molecule has 88 valence electrons. The Labute approximate surface area is 100 Å². The van der Waals surface area contributed by atoms with Gasteiger partial charge in [0, 0.05) is 37.7 Å². The molecule has 0 aliphatic carbocycles. The molecule has 5 nitrogen and oxygen atoms in total. The van der Waals surface area contributed by atoms with Crippen molar-refractivity contribution in [1.29, 1.82) is 0 Å². The topological polar surface area (TPSA) is 46.8 Å². The summed E-state index contributed by atoms with van der Waals surface area (Å²) in [6, 6.07) is 5.00. The van der Waals surface area contributed by atoms with Crippen molar-refractivity contribution in [3.05, 3.63) is 42.5 Å². The van der Waals surface area contributed by atoms with Crippen molar-refractivity contribution in [2.45, 2.75) is 19.0 Å². The zero-order chi connectivity index (χ0) is 11.7. The van der Waals surface area contributed by atoms with Gasteiger partial charge in [-0.15, -0.1) is 5.10 Å². The number of nitrogens with zero attached hydrogens (tertiary/aromatic N) is 5. The highest BCUT2D eigenvalue weighted by atomic mass is 15.5. The molecule has 0 bridgehead atoms. The lowest BCUT2D eigenvalue weighted by Gasteiger charge is -2.42. The average Bonchev–Trinajstić information content (AvgIpc) is 2.82. The summed E-state index contributed by atoms with van der Waals surface area (Å²) in [5, 5.41) is 7.87. The smallest absolute Gasteiger partial charge is 0.0790 e. The Bertz CT molecular complexity index is 461. The molecule has 1 unspecified atom stereocenters. The summed E-state index contributed by atoms with van der Waals surface area (Å²) >= 11 is 0. The van der Waals surface area contributed by atoms with Crippen molar-refractivity contribution >= 4 is 0 Å². The molecule has 0 N–H and O–H groups in total. The summed E-state index contributed by atoms with van der Waals surface area (Å²) in [6.07, 6.45) is 7.40. The third kappa shape index (κ3) is 1.93. The summed E-state index contributed by atoms with van der Waals surface area (Å²) in [5.74, 6) is 0. The standard InChI is InChI=1S/C12H15N5/c1-10(11-3-2-4-13-7-11)16-8-12(9-16)17-6-5-14-15-17/h2-7,10,12H,8-9H2,1H3. The maximum atomic E-state index is 4.16. The summed E-state index contributed by atoms with van der Waals surface area (Å²) in [6.45, 7) is 4.27. The highest BCUT2D eigenvalue weighted by Gasteiger charge is 2.32. The van der Waals surface area contributed by atoms with Crippen LogP contribution in [0.3, 0.4) is 0 Å². The van der Waals surface area contributed by atoms with Gasteiger partial charge in [-0.25, -0.2) is 4.68 Å². The lowest BCUT2D eigenvalue weighted by molar-refractivity contribution is 0.0585. The number of rotatable bonds is 3. The number of hydrogen-bond donors (Lipinski definition) is 0. The van der Waals surface area contributed by atoms with E-state index in [1.54, 1.807) is 6.20 Å². The molecule has 0 radical (unpaired) electrons. The lowest BCUT2D eigenvalue weighted by atomic mass is 10.0. The fourth-order valence-electron chi connectivity index (χ4n) is 2.22. The maximum absolute atomic E-state index is 4.16. The normalized spacial score (nSPS) is 18.9. The van der Waals surface area contributed by atoms with E-state index in [-0.39, 0.29) is 0 Å². The fourth-order valence-corrected chi connectivity index (χ4v) is 2.22. The third-order valence-electron chi connectivity index (χ3n) is 3.42. The van der Waals surface area contributed by atoms with E-state index in [2.05, 4.69) is 33.2 Å². The summed E-state index contributed by atoms with van der Waals surface area (Å²) in [7, 11) is 0. The van der Waals surface area contributed by atoms with Gasteiger partial charge in [0.25, 0.3) is 0 Å². The Morgan fingerprint density at radius 1 is 1.35 bits per heavy atom. The van der Waals surface area contributed by atoms with Crippen molar-refractivity contribution in [2.75, 3.05) is 13.1 Å². The molecular weight excluding hydrogens is 214 g/mol. The molecule has 1 saturated heterocycles. The molecule has 1 fully saturated rings. The molecule has 2 aromatic rings. The summed E-state index contributed by atoms with van der Waals surface area (Å²) in [4.78, 5) is 6.58. The molecule has 2 aromatic heterocycles. The number of pyridine rings is 1. The Kier molecular flexibility index (Phi) is 2.60. The van der Waals surface area contributed by atoms with Gasteiger partial charge in [0.2, 0.25) is 0 Å². The first kappa shape index (κ1) is 10.4. The summed E-state index contributed by atoms with van der Waals surface area (Å²) < 4.78 is 1.94. The molecule has 17 heavy (non-hydrogen) atoms. The second kappa shape index (κ2) is 4.25. The van der Waals surface area contributed by atoms with Crippen LogP contribution in [-0.2, 0) is 0 Å². The van der Waals surface area contributed by atoms with Gasteiger partial charge in [-0.3, -0.25) is 9.88 Å². The third-order valence-corrected chi connectivity index (χ3v) is 3.42. The Morgan fingerprint density at radius 2 is 2.24 bits per heavy atom. The molecule has 1 atom stereocenters. The van der Waals surface area contributed by atoms with Crippen molar-refractivity contribution in [3.8, 4) is 0 Å². The minimum absolute atomic E-state index is 0.420. The van der Waals surface area contributed by atoms with E-state index in [0.717, 1.165) is 13.1 Å². The van der Waals surface area contributed by atoms with E-state index in [4.69, 9.17) is 0 Å². The number of aromatic nitrogens is 4. The monoisotopic (exact) mass is 229 g/mol. The van der Waals surface area contributed by atoms with Gasteiger partial charge in [-0.1, -0.05) is 11.3 Å². The van der Waals surface area contributed by atoms with Gasteiger partial charge < -0.3 is 0 Å². The zero-order valence-electron chi connectivity index (χ0n) is 9.77. The molecule has 0 aromatic carbocycles. The first-order chi connectivity index (χ1) is 8.34. The fraction of sp³-hybridized carbons (Fsp3) is 0.417. The molecule has 0 saturated carbocycles. The van der Waals surface area contributed by atoms with Crippen molar-refractivity contribution < 1.29 is 0 Å². The largest absolute Gasteiger partial charge is 0.292 e. The van der Waals surface area contributed by atoms with E-state index >= 15 is 0 Å². The maximum Gasteiger partial charge on any atom is 0.0790 e. The van der Waals surface area contributed by atoms with Crippen LogP contribution in [0.5, 0.6) is 0 Å². The Hall–Kier alpha value is -1.75. The van der Waals surface area contributed by atoms with Crippen LogP contribution < -0.4 is 0 Å². The average molecular weight is 229 g/mol. The van der Waals surface area contributed by atoms with Crippen LogP contribution in [0.1, 0.15) is 24.6 Å². The predicted octanol–water partition coefficient (Wildman–Crippen LogP) is 1.29. The summed E-state index contributed by atoms with van der Waals surface area (Å²) in [5.41, 5.74) is 1.27. The number of hydrogen-bond acceptors (Lipinski definition) is 4. The zero-order valence-corrected chi connectivity index (χ0v) is 9.77. The van der Waals surface area contributed by atoms with E-state index in [0.29, 0.717) is 12.1 Å². The SMILES string of the molecule is CC(c1cccnc1)N1CC(n2ccnn2)C1. The highest BCUT2D eigenvalue weighted by molar-refractivity contribution is 5.14. The van der Waals surface area contributed by atoms with Crippen LogP contribution in [0, 0.1) is 0 Å². The second-order valence-corrected chi connectivity index (χ2v) is 4.45. The van der Waals surface area contributed by atoms with Gasteiger partial charge in [0.1, 0.15) is 0 Å². The highest BCUT2D eigenvalue weighted by Crippen LogP contribution is 2.29. The molecule has 5 heteroatoms. The quantitative estimate of drug-likeness (QED) is 0.795. The minimum Gasteiger partial charge on any atom is -0.292 e. The van der Waals surface area contributed by atoms with Crippen LogP contribution in [0.25, 0.3) is 0 Å². The molecule has 0 amide bonds.